The maximum Gasteiger partial charge on any atom is 0.314 e. The lowest BCUT2D eigenvalue weighted by atomic mass is 9.80. The topological polar surface area (TPSA) is 91.7 Å². The molecule has 1 rings (SSSR count). The number of hydrogen-bond acceptors (Lipinski definition) is 3. The Balaban J connectivity index is 2.77. The van der Waals surface area contributed by atoms with Crippen molar-refractivity contribution in [3.05, 3.63) is 0 Å². The van der Waals surface area contributed by atoms with Gasteiger partial charge in [-0.05, 0) is 12.8 Å². The first-order chi connectivity index (χ1) is 6.04. The van der Waals surface area contributed by atoms with Crippen molar-refractivity contribution in [1.29, 1.82) is 0 Å². The minimum atomic E-state index is -1.21. The molecule has 1 fully saturated rings. The fraction of sp³-hybridized carbons (Fsp3) is 0.625. The summed E-state index contributed by atoms with van der Waals surface area (Å²) >= 11 is 0. The van der Waals surface area contributed by atoms with E-state index in [9.17, 15) is 14.4 Å². The molecule has 72 valence electrons. The molecule has 0 spiro atoms. The summed E-state index contributed by atoms with van der Waals surface area (Å²) in [5, 5.41) is 17.2. The average molecular weight is 186 g/mol. The normalized spacial score (nSPS) is 28.5. The number of rotatable bonds is 2. The summed E-state index contributed by atoms with van der Waals surface area (Å²) < 4.78 is 0. The summed E-state index contributed by atoms with van der Waals surface area (Å²) in [5.41, 5.74) is 0. The summed E-state index contributed by atoms with van der Waals surface area (Å²) in [7, 11) is 0. The third-order valence-corrected chi connectivity index (χ3v) is 2.27. The van der Waals surface area contributed by atoms with Gasteiger partial charge in [-0.25, -0.2) is 0 Å². The minimum absolute atomic E-state index is 0.262. The van der Waals surface area contributed by atoms with Crippen molar-refractivity contribution < 1.29 is 24.6 Å². The predicted octanol–water partition coefficient (Wildman–Crippen LogP) is 0.141. The lowest BCUT2D eigenvalue weighted by molar-refractivity contribution is -0.154. The van der Waals surface area contributed by atoms with Gasteiger partial charge in [0, 0.05) is 0 Å². The van der Waals surface area contributed by atoms with Gasteiger partial charge in [-0.1, -0.05) is 6.42 Å². The molecule has 0 unspecified atom stereocenters. The van der Waals surface area contributed by atoms with Crippen LogP contribution in [0.2, 0.25) is 0 Å². The number of carboxylic acids is 2. The van der Waals surface area contributed by atoms with Crippen LogP contribution in [0.15, 0.2) is 0 Å². The van der Waals surface area contributed by atoms with E-state index in [4.69, 9.17) is 10.2 Å². The molecule has 0 aliphatic heterocycles. The largest absolute Gasteiger partial charge is 0.481 e. The fourth-order valence-electron chi connectivity index (χ4n) is 1.54. The second kappa shape index (κ2) is 3.55. The number of hydrogen-bond donors (Lipinski definition) is 2. The molecule has 0 saturated heterocycles. The van der Waals surface area contributed by atoms with E-state index < -0.39 is 29.6 Å². The average Bonchev–Trinajstić information content (AvgIpc) is 2.03. The number of carbonyl (C=O) groups excluding carboxylic acids is 1. The van der Waals surface area contributed by atoms with E-state index in [0.29, 0.717) is 6.42 Å². The lowest BCUT2D eigenvalue weighted by Crippen LogP contribution is -2.37. The van der Waals surface area contributed by atoms with Crippen molar-refractivity contribution in [2.45, 2.75) is 19.3 Å². The first-order valence-electron chi connectivity index (χ1n) is 4.03. The maximum atomic E-state index is 11.2. The van der Waals surface area contributed by atoms with Crippen LogP contribution in [0.25, 0.3) is 0 Å². The van der Waals surface area contributed by atoms with E-state index in [1.165, 1.54) is 0 Å². The standard InChI is InChI=1S/C8H10O5/c9-6-4(7(10)11)2-1-3-5(6)8(12)13/h4-5H,1-3H2,(H,10,11)(H,12,13)/t4-,5-/m0/s1. The Bertz CT molecular complexity index is 233. The molecular formula is C8H10O5. The van der Waals surface area contributed by atoms with Crippen LogP contribution in [0.5, 0.6) is 0 Å². The molecule has 0 aromatic carbocycles. The van der Waals surface area contributed by atoms with Gasteiger partial charge in [-0.15, -0.1) is 0 Å². The van der Waals surface area contributed by atoms with Crippen LogP contribution in [0.1, 0.15) is 19.3 Å². The first-order valence-corrected chi connectivity index (χ1v) is 4.03. The van der Waals surface area contributed by atoms with Crippen LogP contribution < -0.4 is 0 Å². The monoisotopic (exact) mass is 186 g/mol. The van der Waals surface area contributed by atoms with Gasteiger partial charge in [-0.3, -0.25) is 14.4 Å². The Labute approximate surface area is 74.4 Å². The van der Waals surface area contributed by atoms with Gasteiger partial charge in [0.2, 0.25) is 0 Å². The van der Waals surface area contributed by atoms with Gasteiger partial charge in [0.15, 0.2) is 5.78 Å². The number of Topliss-reactive ketones (excluding diaryl/α,β-unsaturated/α-hetero) is 1. The highest BCUT2D eigenvalue weighted by Crippen LogP contribution is 2.26. The van der Waals surface area contributed by atoms with Crippen LogP contribution in [-0.2, 0) is 14.4 Å². The van der Waals surface area contributed by atoms with Gasteiger partial charge in [0.05, 0.1) is 0 Å². The van der Waals surface area contributed by atoms with Gasteiger partial charge in [0.25, 0.3) is 0 Å². The van der Waals surface area contributed by atoms with E-state index in [-0.39, 0.29) is 12.8 Å². The molecule has 1 aliphatic rings. The maximum absolute atomic E-state index is 11.2. The molecule has 5 nitrogen and oxygen atoms in total. The quantitative estimate of drug-likeness (QED) is 0.598. The Morgan fingerprint density at radius 1 is 1.08 bits per heavy atom. The Morgan fingerprint density at radius 2 is 1.46 bits per heavy atom. The van der Waals surface area contributed by atoms with E-state index in [1.807, 2.05) is 0 Å². The molecule has 0 heterocycles. The minimum Gasteiger partial charge on any atom is -0.481 e. The molecule has 0 radical (unpaired) electrons. The van der Waals surface area contributed by atoms with Crippen LogP contribution >= 0.6 is 0 Å². The third-order valence-electron chi connectivity index (χ3n) is 2.27. The van der Waals surface area contributed by atoms with E-state index >= 15 is 0 Å². The predicted molar refractivity (Wildman–Crippen MR) is 41.1 cm³/mol. The molecule has 0 aromatic rings. The van der Waals surface area contributed by atoms with E-state index in [0.717, 1.165) is 0 Å². The van der Waals surface area contributed by atoms with Gasteiger partial charge in [0.1, 0.15) is 11.8 Å². The number of carboxylic acid groups (broad SMARTS) is 2. The lowest BCUT2D eigenvalue weighted by Gasteiger charge is -2.21. The Morgan fingerprint density at radius 3 is 1.77 bits per heavy atom. The van der Waals surface area contributed by atoms with E-state index in [1.54, 1.807) is 0 Å². The highest BCUT2D eigenvalue weighted by molar-refractivity contribution is 6.07. The summed E-state index contributed by atoms with van der Waals surface area (Å²) in [6.07, 6.45) is 1.01. The molecule has 2 atom stereocenters. The van der Waals surface area contributed by atoms with E-state index in [2.05, 4.69) is 0 Å². The molecule has 0 aromatic heterocycles. The summed E-state index contributed by atoms with van der Waals surface area (Å²) in [6.45, 7) is 0. The second-order valence-corrected chi connectivity index (χ2v) is 3.11. The molecule has 13 heavy (non-hydrogen) atoms. The van der Waals surface area contributed by atoms with Crippen molar-refractivity contribution in [3.8, 4) is 0 Å². The smallest absolute Gasteiger partial charge is 0.314 e. The second-order valence-electron chi connectivity index (χ2n) is 3.11. The number of aliphatic carboxylic acids is 2. The highest BCUT2D eigenvalue weighted by atomic mass is 16.4. The van der Waals surface area contributed by atoms with Crippen molar-refractivity contribution in [1.82, 2.24) is 0 Å². The highest BCUT2D eigenvalue weighted by Gasteiger charge is 2.39. The van der Waals surface area contributed by atoms with Crippen molar-refractivity contribution in [2.24, 2.45) is 11.8 Å². The third kappa shape index (κ3) is 1.85. The molecule has 0 amide bonds. The van der Waals surface area contributed by atoms with Crippen LogP contribution in [0, 0.1) is 11.8 Å². The molecule has 5 heteroatoms. The molecular weight excluding hydrogens is 176 g/mol. The summed E-state index contributed by atoms with van der Waals surface area (Å²) in [4.78, 5) is 32.3. The zero-order valence-corrected chi connectivity index (χ0v) is 6.90. The van der Waals surface area contributed by atoms with Crippen molar-refractivity contribution >= 4 is 17.7 Å². The van der Waals surface area contributed by atoms with Crippen LogP contribution in [0.4, 0.5) is 0 Å². The van der Waals surface area contributed by atoms with Gasteiger partial charge in [-0.2, -0.15) is 0 Å². The molecule has 1 saturated carbocycles. The Kier molecular flexibility index (Phi) is 2.65. The summed E-state index contributed by atoms with van der Waals surface area (Å²) in [6, 6.07) is 0. The zero-order valence-electron chi connectivity index (χ0n) is 6.90. The molecule has 2 N–H and O–H groups in total. The number of ketones is 1. The fourth-order valence-corrected chi connectivity index (χ4v) is 1.54. The Hall–Kier alpha value is -1.39. The molecule has 1 aliphatic carbocycles. The van der Waals surface area contributed by atoms with Crippen LogP contribution in [-0.4, -0.2) is 27.9 Å². The van der Waals surface area contributed by atoms with Crippen molar-refractivity contribution in [3.63, 3.8) is 0 Å². The first kappa shape index (κ1) is 9.70. The SMILES string of the molecule is O=C(O)[C@H]1CCC[C@H](C(=O)O)C1=O. The van der Waals surface area contributed by atoms with Crippen molar-refractivity contribution in [2.75, 3.05) is 0 Å². The van der Waals surface area contributed by atoms with Gasteiger partial charge < -0.3 is 10.2 Å². The number of carbonyl (C=O) groups is 3. The molecule has 0 bridgehead atoms. The van der Waals surface area contributed by atoms with Gasteiger partial charge >= 0.3 is 11.9 Å². The van der Waals surface area contributed by atoms with Crippen LogP contribution in [0.3, 0.4) is 0 Å². The summed E-state index contributed by atoms with van der Waals surface area (Å²) in [5.74, 6) is -5.32. The zero-order chi connectivity index (χ0) is 10.0.